The number of hydrogen-bond acceptors (Lipinski definition) is 2. The van der Waals surface area contributed by atoms with E-state index in [-0.39, 0.29) is 6.04 Å². The third-order valence-corrected chi connectivity index (χ3v) is 3.41. The largest absolute Gasteiger partial charge is 0.497 e. The van der Waals surface area contributed by atoms with Gasteiger partial charge >= 0.3 is 0 Å². The van der Waals surface area contributed by atoms with E-state index < -0.39 is 0 Å². The highest BCUT2D eigenvalue weighted by molar-refractivity contribution is 5.37. The molecule has 0 radical (unpaired) electrons. The highest BCUT2D eigenvalue weighted by atomic mass is 16.5. The lowest BCUT2D eigenvalue weighted by molar-refractivity contribution is 0.414. The summed E-state index contributed by atoms with van der Waals surface area (Å²) < 4.78 is 5.22. The average Bonchev–Trinajstić information content (AvgIpc) is 2.38. The molecule has 1 atom stereocenters. The van der Waals surface area contributed by atoms with Crippen molar-refractivity contribution in [3.63, 3.8) is 0 Å². The van der Waals surface area contributed by atoms with Gasteiger partial charge in [-0.05, 0) is 49.1 Å². The summed E-state index contributed by atoms with van der Waals surface area (Å²) in [5, 5.41) is 0. The molecule has 0 amide bonds. The van der Waals surface area contributed by atoms with Gasteiger partial charge in [-0.1, -0.05) is 35.9 Å². The molecule has 2 nitrogen and oxygen atoms in total. The average molecular weight is 255 g/mol. The summed E-state index contributed by atoms with van der Waals surface area (Å²) in [5.41, 5.74) is 11.2. The summed E-state index contributed by atoms with van der Waals surface area (Å²) in [5.74, 6) is 0.879. The van der Waals surface area contributed by atoms with E-state index in [1.54, 1.807) is 7.11 Å². The molecule has 0 aliphatic carbocycles. The van der Waals surface area contributed by atoms with Gasteiger partial charge in [-0.2, -0.15) is 0 Å². The first-order valence-corrected chi connectivity index (χ1v) is 6.56. The Balaban J connectivity index is 2.18. The lowest BCUT2D eigenvalue weighted by atomic mass is 9.95. The molecular weight excluding hydrogens is 234 g/mol. The molecule has 2 aromatic carbocycles. The normalized spacial score (nSPS) is 12.2. The van der Waals surface area contributed by atoms with E-state index in [1.165, 1.54) is 22.3 Å². The third kappa shape index (κ3) is 3.36. The first kappa shape index (κ1) is 13.6. The predicted octanol–water partition coefficient (Wildman–Crippen LogP) is 3.55. The minimum atomic E-state index is 0.0210. The van der Waals surface area contributed by atoms with Crippen molar-refractivity contribution >= 4 is 0 Å². The molecule has 2 heteroatoms. The fraction of sp³-hybridized carbons (Fsp3) is 0.294. The predicted molar refractivity (Wildman–Crippen MR) is 79.5 cm³/mol. The molecule has 0 saturated heterocycles. The zero-order valence-corrected chi connectivity index (χ0v) is 11.8. The molecule has 2 aromatic rings. The Morgan fingerprint density at radius 3 is 2.53 bits per heavy atom. The second kappa shape index (κ2) is 5.89. The van der Waals surface area contributed by atoms with Crippen LogP contribution in [0, 0.1) is 13.8 Å². The van der Waals surface area contributed by atoms with Gasteiger partial charge < -0.3 is 10.5 Å². The summed E-state index contributed by atoms with van der Waals surface area (Å²) >= 11 is 0. The molecule has 0 saturated carbocycles. The maximum absolute atomic E-state index is 6.33. The van der Waals surface area contributed by atoms with Crippen molar-refractivity contribution in [2.45, 2.75) is 26.3 Å². The quantitative estimate of drug-likeness (QED) is 0.906. The van der Waals surface area contributed by atoms with Crippen LogP contribution in [0.25, 0.3) is 0 Å². The Kier molecular flexibility index (Phi) is 4.23. The molecule has 0 fully saturated rings. The zero-order valence-electron chi connectivity index (χ0n) is 11.8. The molecule has 19 heavy (non-hydrogen) atoms. The van der Waals surface area contributed by atoms with Gasteiger partial charge in [0.15, 0.2) is 0 Å². The summed E-state index contributed by atoms with van der Waals surface area (Å²) in [6.45, 7) is 4.18. The van der Waals surface area contributed by atoms with Crippen LogP contribution in [0.4, 0.5) is 0 Å². The van der Waals surface area contributed by atoms with Crippen molar-refractivity contribution in [1.29, 1.82) is 0 Å². The monoisotopic (exact) mass is 255 g/mol. The Morgan fingerprint density at radius 1 is 1.11 bits per heavy atom. The molecule has 100 valence electrons. The van der Waals surface area contributed by atoms with Crippen LogP contribution in [0.3, 0.4) is 0 Å². The van der Waals surface area contributed by atoms with Crippen LogP contribution >= 0.6 is 0 Å². The minimum absolute atomic E-state index is 0.0210. The van der Waals surface area contributed by atoms with Gasteiger partial charge in [-0.15, -0.1) is 0 Å². The number of aryl methyl sites for hydroxylation is 2. The fourth-order valence-electron chi connectivity index (χ4n) is 2.39. The van der Waals surface area contributed by atoms with E-state index in [0.29, 0.717) is 0 Å². The zero-order chi connectivity index (χ0) is 13.8. The molecule has 2 N–H and O–H groups in total. The lowest BCUT2D eigenvalue weighted by Gasteiger charge is -2.16. The van der Waals surface area contributed by atoms with Crippen LogP contribution in [0.5, 0.6) is 5.75 Å². The van der Waals surface area contributed by atoms with Crippen molar-refractivity contribution in [3.05, 3.63) is 64.7 Å². The van der Waals surface area contributed by atoms with E-state index in [4.69, 9.17) is 10.5 Å². The van der Waals surface area contributed by atoms with Crippen molar-refractivity contribution in [2.75, 3.05) is 7.11 Å². The van der Waals surface area contributed by atoms with Crippen LogP contribution in [0.2, 0.25) is 0 Å². The Bertz CT molecular complexity index is 563. The van der Waals surface area contributed by atoms with E-state index in [1.807, 2.05) is 12.1 Å². The Hall–Kier alpha value is -1.80. The number of benzene rings is 2. The van der Waals surface area contributed by atoms with Gasteiger partial charge in [0, 0.05) is 6.04 Å². The van der Waals surface area contributed by atoms with Crippen LogP contribution in [0.15, 0.2) is 42.5 Å². The van der Waals surface area contributed by atoms with Crippen molar-refractivity contribution in [2.24, 2.45) is 5.73 Å². The summed E-state index contributed by atoms with van der Waals surface area (Å²) in [6, 6.07) is 14.6. The van der Waals surface area contributed by atoms with Gasteiger partial charge in [0.25, 0.3) is 0 Å². The van der Waals surface area contributed by atoms with Gasteiger partial charge in [0.05, 0.1) is 7.11 Å². The summed E-state index contributed by atoms with van der Waals surface area (Å²) in [7, 11) is 1.68. The van der Waals surface area contributed by atoms with Crippen LogP contribution < -0.4 is 10.5 Å². The third-order valence-electron chi connectivity index (χ3n) is 3.41. The van der Waals surface area contributed by atoms with Gasteiger partial charge in [0.1, 0.15) is 5.75 Å². The number of nitrogens with two attached hydrogens (primary N) is 1. The Morgan fingerprint density at radius 2 is 1.89 bits per heavy atom. The van der Waals surface area contributed by atoms with E-state index in [9.17, 15) is 0 Å². The molecule has 0 aromatic heterocycles. The summed E-state index contributed by atoms with van der Waals surface area (Å²) in [6.07, 6.45) is 0.856. The first-order valence-electron chi connectivity index (χ1n) is 6.56. The van der Waals surface area contributed by atoms with Gasteiger partial charge in [-0.3, -0.25) is 0 Å². The van der Waals surface area contributed by atoms with E-state index in [0.717, 1.165) is 12.2 Å². The molecule has 0 bridgehead atoms. The molecule has 0 heterocycles. The minimum Gasteiger partial charge on any atom is -0.497 e. The SMILES string of the molecule is COc1ccc(C(N)Cc2cccc(C)c2)c(C)c1. The molecule has 2 rings (SSSR count). The maximum atomic E-state index is 6.33. The van der Waals surface area contributed by atoms with Crippen LogP contribution in [-0.4, -0.2) is 7.11 Å². The van der Waals surface area contributed by atoms with E-state index >= 15 is 0 Å². The highest BCUT2D eigenvalue weighted by Gasteiger charge is 2.10. The molecular formula is C17H21NO. The standard InChI is InChI=1S/C17H21NO/c1-12-5-4-6-14(9-12)11-17(18)16-8-7-15(19-3)10-13(16)2/h4-10,17H,11,18H2,1-3H3. The second-order valence-electron chi connectivity index (χ2n) is 5.02. The lowest BCUT2D eigenvalue weighted by Crippen LogP contribution is -2.14. The van der Waals surface area contributed by atoms with Crippen molar-refractivity contribution < 1.29 is 4.74 Å². The van der Waals surface area contributed by atoms with Gasteiger partial charge in [-0.25, -0.2) is 0 Å². The van der Waals surface area contributed by atoms with Crippen LogP contribution in [0.1, 0.15) is 28.3 Å². The second-order valence-corrected chi connectivity index (χ2v) is 5.02. The van der Waals surface area contributed by atoms with E-state index in [2.05, 4.69) is 44.2 Å². The molecule has 1 unspecified atom stereocenters. The first-order chi connectivity index (χ1) is 9.10. The molecule has 0 aliphatic rings. The van der Waals surface area contributed by atoms with Gasteiger partial charge in [0.2, 0.25) is 0 Å². The maximum Gasteiger partial charge on any atom is 0.119 e. The highest BCUT2D eigenvalue weighted by Crippen LogP contribution is 2.23. The summed E-state index contributed by atoms with van der Waals surface area (Å²) in [4.78, 5) is 0. The van der Waals surface area contributed by atoms with Crippen LogP contribution in [-0.2, 0) is 6.42 Å². The number of methoxy groups -OCH3 is 1. The number of rotatable bonds is 4. The molecule has 0 spiro atoms. The molecule has 0 aliphatic heterocycles. The number of ether oxygens (including phenoxy) is 1. The fourth-order valence-corrected chi connectivity index (χ4v) is 2.39. The van der Waals surface area contributed by atoms with Crippen molar-refractivity contribution in [1.82, 2.24) is 0 Å². The van der Waals surface area contributed by atoms with Crippen molar-refractivity contribution in [3.8, 4) is 5.75 Å². The topological polar surface area (TPSA) is 35.2 Å². The smallest absolute Gasteiger partial charge is 0.119 e. The number of hydrogen-bond donors (Lipinski definition) is 1. The Labute approximate surface area is 115 Å².